The van der Waals surface area contributed by atoms with Crippen LogP contribution in [0.25, 0.3) is 0 Å². The van der Waals surface area contributed by atoms with Gasteiger partial charge in [0, 0.05) is 0 Å². The smallest absolute Gasteiger partial charge is 0.314 e. The van der Waals surface area contributed by atoms with Gasteiger partial charge in [-0.2, -0.15) is 8.78 Å². The van der Waals surface area contributed by atoms with Crippen molar-refractivity contribution in [2.75, 3.05) is 7.11 Å². The minimum Gasteiger partial charge on any atom is -0.494 e. The first-order chi connectivity index (χ1) is 10.1. The van der Waals surface area contributed by atoms with E-state index in [1.165, 1.54) is 19.2 Å². The van der Waals surface area contributed by atoms with E-state index in [0.29, 0.717) is 5.92 Å². The Hall–Kier alpha value is -1.65. The Balaban J connectivity index is 2.02. The molecule has 0 atom stereocenters. The zero-order chi connectivity index (χ0) is 15.4. The lowest BCUT2D eigenvalue weighted by Gasteiger charge is -2.26. The Labute approximate surface area is 123 Å². The van der Waals surface area contributed by atoms with Gasteiger partial charge in [0.05, 0.1) is 13.0 Å². The van der Waals surface area contributed by atoms with Crippen molar-refractivity contribution in [2.24, 2.45) is 11.8 Å². The SMILES string of the molecule is CC[C@H]1CC[C@H](C(=O)Oc2ccc(OC)c(F)c2F)CC1. The maximum atomic E-state index is 13.8. The molecule has 2 rings (SSSR count). The highest BCUT2D eigenvalue weighted by molar-refractivity contribution is 5.75. The molecule has 0 bridgehead atoms. The average molecular weight is 298 g/mol. The summed E-state index contributed by atoms with van der Waals surface area (Å²) in [4.78, 5) is 12.0. The summed E-state index contributed by atoms with van der Waals surface area (Å²) >= 11 is 0. The number of rotatable bonds is 4. The van der Waals surface area contributed by atoms with Crippen LogP contribution in [0, 0.1) is 23.5 Å². The molecule has 116 valence electrons. The summed E-state index contributed by atoms with van der Waals surface area (Å²) in [6.07, 6.45) is 4.57. The first-order valence-electron chi connectivity index (χ1n) is 7.30. The van der Waals surface area contributed by atoms with Crippen molar-refractivity contribution in [3.63, 3.8) is 0 Å². The number of carbonyl (C=O) groups is 1. The summed E-state index contributed by atoms with van der Waals surface area (Å²) in [6.45, 7) is 2.14. The third-order valence-electron chi connectivity index (χ3n) is 4.20. The third kappa shape index (κ3) is 3.52. The predicted molar refractivity (Wildman–Crippen MR) is 74.3 cm³/mol. The largest absolute Gasteiger partial charge is 0.494 e. The number of benzene rings is 1. The molecule has 1 aliphatic carbocycles. The van der Waals surface area contributed by atoms with Crippen molar-refractivity contribution in [3.05, 3.63) is 23.8 Å². The maximum Gasteiger partial charge on any atom is 0.314 e. The van der Waals surface area contributed by atoms with Crippen LogP contribution in [0.1, 0.15) is 39.0 Å². The molecule has 1 fully saturated rings. The average Bonchev–Trinajstić information content (AvgIpc) is 2.52. The summed E-state index contributed by atoms with van der Waals surface area (Å²) in [5.41, 5.74) is 0. The predicted octanol–water partition coefficient (Wildman–Crippen LogP) is 4.10. The fourth-order valence-electron chi connectivity index (χ4n) is 2.75. The number of halogens is 2. The van der Waals surface area contributed by atoms with Crippen LogP contribution in [0.4, 0.5) is 8.78 Å². The number of hydrogen-bond donors (Lipinski definition) is 0. The van der Waals surface area contributed by atoms with Crippen LogP contribution >= 0.6 is 0 Å². The van der Waals surface area contributed by atoms with E-state index in [-0.39, 0.29) is 17.4 Å². The molecule has 0 saturated heterocycles. The van der Waals surface area contributed by atoms with E-state index >= 15 is 0 Å². The number of esters is 1. The number of ether oxygens (including phenoxy) is 2. The van der Waals surface area contributed by atoms with Crippen molar-refractivity contribution < 1.29 is 23.0 Å². The lowest BCUT2D eigenvalue weighted by Crippen LogP contribution is -2.25. The van der Waals surface area contributed by atoms with Gasteiger partial charge in [0.2, 0.25) is 11.6 Å². The normalized spacial score (nSPS) is 21.9. The van der Waals surface area contributed by atoms with Crippen LogP contribution in [0.5, 0.6) is 11.5 Å². The topological polar surface area (TPSA) is 35.5 Å². The molecule has 1 aliphatic rings. The van der Waals surface area contributed by atoms with E-state index < -0.39 is 17.6 Å². The van der Waals surface area contributed by atoms with Gasteiger partial charge in [0.25, 0.3) is 0 Å². The third-order valence-corrected chi connectivity index (χ3v) is 4.20. The minimum atomic E-state index is -1.19. The molecule has 0 N–H and O–H groups in total. The van der Waals surface area contributed by atoms with Gasteiger partial charge in [0.1, 0.15) is 0 Å². The van der Waals surface area contributed by atoms with Gasteiger partial charge >= 0.3 is 5.97 Å². The summed E-state index contributed by atoms with van der Waals surface area (Å²) in [6, 6.07) is 2.46. The molecule has 1 aromatic carbocycles. The van der Waals surface area contributed by atoms with Gasteiger partial charge in [-0.15, -0.1) is 0 Å². The second-order valence-corrected chi connectivity index (χ2v) is 5.44. The molecule has 0 spiro atoms. The molecule has 0 radical (unpaired) electrons. The second kappa shape index (κ2) is 6.87. The van der Waals surface area contributed by atoms with Crippen LogP contribution in [0.3, 0.4) is 0 Å². The number of hydrogen-bond acceptors (Lipinski definition) is 3. The fourth-order valence-corrected chi connectivity index (χ4v) is 2.75. The molecule has 0 aromatic heterocycles. The zero-order valence-corrected chi connectivity index (χ0v) is 12.3. The van der Waals surface area contributed by atoms with Gasteiger partial charge in [-0.25, -0.2) is 0 Å². The molecular formula is C16H20F2O3. The van der Waals surface area contributed by atoms with Crippen LogP contribution in [-0.4, -0.2) is 13.1 Å². The molecule has 1 saturated carbocycles. The Bertz CT molecular complexity index is 508. The molecule has 3 nitrogen and oxygen atoms in total. The Kier molecular flexibility index (Phi) is 5.15. The summed E-state index contributed by atoms with van der Waals surface area (Å²) in [5.74, 6) is -2.97. The van der Waals surface area contributed by atoms with Gasteiger partial charge < -0.3 is 9.47 Å². The van der Waals surface area contributed by atoms with Crippen LogP contribution < -0.4 is 9.47 Å². The van der Waals surface area contributed by atoms with Crippen LogP contribution in [0.2, 0.25) is 0 Å². The van der Waals surface area contributed by atoms with Crippen molar-refractivity contribution in [3.8, 4) is 11.5 Å². The van der Waals surface area contributed by atoms with E-state index in [1.807, 2.05) is 0 Å². The number of carbonyl (C=O) groups excluding carboxylic acids is 1. The standard InChI is InChI=1S/C16H20F2O3/c1-3-10-4-6-11(7-5-10)16(19)21-13-9-8-12(20-2)14(17)15(13)18/h8-11H,3-7H2,1-2H3/t10-,11-. The monoisotopic (exact) mass is 298 g/mol. The van der Waals surface area contributed by atoms with E-state index in [1.54, 1.807) is 0 Å². The number of methoxy groups -OCH3 is 1. The highest BCUT2D eigenvalue weighted by Gasteiger charge is 2.28. The van der Waals surface area contributed by atoms with E-state index in [9.17, 15) is 13.6 Å². The molecule has 21 heavy (non-hydrogen) atoms. The molecule has 0 amide bonds. The highest BCUT2D eigenvalue weighted by Crippen LogP contribution is 2.33. The lowest BCUT2D eigenvalue weighted by molar-refractivity contribution is -0.140. The molecule has 0 unspecified atom stereocenters. The fraction of sp³-hybridized carbons (Fsp3) is 0.562. The molecule has 5 heteroatoms. The molecule has 0 aliphatic heterocycles. The first-order valence-corrected chi connectivity index (χ1v) is 7.30. The van der Waals surface area contributed by atoms with E-state index in [0.717, 1.165) is 32.1 Å². The summed E-state index contributed by atoms with van der Waals surface area (Å²) in [5, 5.41) is 0. The quantitative estimate of drug-likeness (QED) is 0.620. The molecule has 0 heterocycles. The van der Waals surface area contributed by atoms with Crippen molar-refractivity contribution in [2.45, 2.75) is 39.0 Å². The Morgan fingerprint density at radius 1 is 1.14 bits per heavy atom. The highest BCUT2D eigenvalue weighted by atomic mass is 19.2. The van der Waals surface area contributed by atoms with Gasteiger partial charge in [-0.3, -0.25) is 4.79 Å². The van der Waals surface area contributed by atoms with Gasteiger partial charge in [0.15, 0.2) is 11.5 Å². The van der Waals surface area contributed by atoms with Crippen molar-refractivity contribution >= 4 is 5.97 Å². The van der Waals surface area contributed by atoms with Gasteiger partial charge in [-0.05, 0) is 43.7 Å². The summed E-state index contributed by atoms with van der Waals surface area (Å²) in [7, 11) is 1.25. The van der Waals surface area contributed by atoms with Crippen molar-refractivity contribution in [1.29, 1.82) is 0 Å². The minimum absolute atomic E-state index is 0.212. The van der Waals surface area contributed by atoms with E-state index in [2.05, 4.69) is 11.7 Å². The van der Waals surface area contributed by atoms with E-state index in [4.69, 9.17) is 4.74 Å². The van der Waals surface area contributed by atoms with Crippen LogP contribution in [0.15, 0.2) is 12.1 Å². The first kappa shape index (κ1) is 15.7. The Morgan fingerprint density at radius 2 is 1.71 bits per heavy atom. The molecule has 1 aromatic rings. The molecular weight excluding hydrogens is 278 g/mol. The Morgan fingerprint density at radius 3 is 2.29 bits per heavy atom. The maximum absolute atomic E-state index is 13.8. The van der Waals surface area contributed by atoms with Crippen molar-refractivity contribution in [1.82, 2.24) is 0 Å². The van der Waals surface area contributed by atoms with Crippen LogP contribution in [-0.2, 0) is 4.79 Å². The second-order valence-electron chi connectivity index (χ2n) is 5.44. The zero-order valence-electron chi connectivity index (χ0n) is 12.3. The van der Waals surface area contributed by atoms with Gasteiger partial charge in [-0.1, -0.05) is 13.3 Å². The lowest BCUT2D eigenvalue weighted by atomic mass is 9.81. The summed E-state index contributed by atoms with van der Waals surface area (Å²) < 4.78 is 37.0.